The van der Waals surface area contributed by atoms with Crippen LogP contribution in [0.3, 0.4) is 0 Å². The Labute approximate surface area is 123 Å². The fourth-order valence-electron chi connectivity index (χ4n) is 1.94. The second-order valence-electron chi connectivity index (χ2n) is 4.58. The van der Waals surface area contributed by atoms with E-state index in [9.17, 15) is 13.6 Å². The zero-order valence-electron chi connectivity index (χ0n) is 11.2. The molecule has 2 heterocycles. The van der Waals surface area contributed by atoms with E-state index in [0.717, 1.165) is 6.07 Å². The summed E-state index contributed by atoms with van der Waals surface area (Å²) in [6, 6.07) is 3.27. The van der Waals surface area contributed by atoms with Crippen molar-refractivity contribution in [2.24, 2.45) is 0 Å². The molecule has 0 saturated heterocycles. The van der Waals surface area contributed by atoms with Crippen LogP contribution in [-0.2, 0) is 6.54 Å². The summed E-state index contributed by atoms with van der Waals surface area (Å²) >= 11 is 0. The van der Waals surface area contributed by atoms with Crippen LogP contribution >= 0.6 is 0 Å². The normalized spacial score (nSPS) is 10.6. The molecule has 0 fully saturated rings. The first-order chi connectivity index (χ1) is 10.6. The predicted octanol–water partition coefficient (Wildman–Crippen LogP) is 2.05. The van der Waals surface area contributed by atoms with Gasteiger partial charge in [-0.15, -0.1) is 0 Å². The van der Waals surface area contributed by atoms with Crippen LogP contribution in [0.2, 0.25) is 0 Å². The molecular weight excluding hydrogens is 292 g/mol. The standard InChI is InChI=1S/C14H11F2N5O/c15-10-1-8(2-11(16)3-10)4-17-13-18-5-9(6-19-13)12-7-20-14(22)21-12/h1-3,5-7H,4H2,(H,17,18,19)(H2,20,21,22). The Hall–Kier alpha value is -3.03. The van der Waals surface area contributed by atoms with Crippen molar-refractivity contribution in [1.29, 1.82) is 0 Å². The Morgan fingerprint density at radius 1 is 1.09 bits per heavy atom. The van der Waals surface area contributed by atoms with E-state index in [2.05, 4.69) is 25.3 Å². The van der Waals surface area contributed by atoms with Crippen LogP contribution in [0.4, 0.5) is 14.7 Å². The number of H-pyrrole nitrogens is 2. The van der Waals surface area contributed by atoms with Gasteiger partial charge in [-0.3, -0.25) is 0 Å². The van der Waals surface area contributed by atoms with Crippen molar-refractivity contribution in [2.75, 3.05) is 5.32 Å². The van der Waals surface area contributed by atoms with Gasteiger partial charge < -0.3 is 15.3 Å². The minimum Gasteiger partial charge on any atom is -0.350 e. The number of aromatic amines is 2. The molecule has 6 nitrogen and oxygen atoms in total. The fourth-order valence-corrected chi connectivity index (χ4v) is 1.94. The molecule has 0 unspecified atom stereocenters. The van der Waals surface area contributed by atoms with Gasteiger partial charge in [-0.1, -0.05) is 0 Å². The first-order valence-electron chi connectivity index (χ1n) is 6.39. The van der Waals surface area contributed by atoms with Gasteiger partial charge in [-0.05, 0) is 17.7 Å². The Balaban J connectivity index is 1.69. The highest BCUT2D eigenvalue weighted by molar-refractivity contribution is 5.56. The average Bonchev–Trinajstić information content (AvgIpc) is 2.91. The number of benzene rings is 1. The number of nitrogens with one attached hydrogen (secondary N) is 3. The molecule has 1 aromatic carbocycles. The van der Waals surface area contributed by atoms with E-state index in [-0.39, 0.29) is 12.2 Å². The van der Waals surface area contributed by atoms with Crippen LogP contribution in [0.5, 0.6) is 0 Å². The van der Waals surface area contributed by atoms with E-state index in [1.165, 1.54) is 30.7 Å². The molecule has 0 aliphatic carbocycles. The zero-order valence-corrected chi connectivity index (χ0v) is 11.2. The molecule has 0 spiro atoms. The summed E-state index contributed by atoms with van der Waals surface area (Å²) < 4.78 is 26.1. The van der Waals surface area contributed by atoms with E-state index >= 15 is 0 Å². The maximum Gasteiger partial charge on any atom is 0.323 e. The highest BCUT2D eigenvalue weighted by Gasteiger charge is 2.04. The van der Waals surface area contributed by atoms with Crippen LogP contribution in [0.1, 0.15) is 5.56 Å². The molecule has 0 aliphatic rings. The molecule has 3 N–H and O–H groups in total. The second-order valence-corrected chi connectivity index (χ2v) is 4.58. The lowest BCUT2D eigenvalue weighted by molar-refractivity contribution is 0.580. The van der Waals surface area contributed by atoms with Gasteiger partial charge in [0.05, 0.1) is 5.69 Å². The number of hydrogen-bond acceptors (Lipinski definition) is 4. The molecule has 112 valence electrons. The summed E-state index contributed by atoms with van der Waals surface area (Å²) in [5.74, 6) is -0.958. The smallest absolute Gasteiger partial charge is 0.323 e. The number of hydrogen-bond donors (Lipinski definition) is 3. The third kappa shape index (κ3) is 3.17. The van der Waals surface area contributed by atoms with E-state index < -0.39 is 11.6 Å². The van der Waals surface area contributed by atoms with E-state index in [1.54, 1.807) is 0 Å². The highest BCUT2D eigenvalue weighted by Crippen LogP contribution is 2.14. The molecule has 0 radical (unpaired) electrons. The Morgan fingerprint density at radius 2 is 1.77 bits per heavy atom. The van der Waals surface area contributed by atoms with Crippen molar-refractivity contribution in [3.63, 3.8) is 0 Å². The lowest BCUT2D eigenvalue weighted by Crippen LogP contribution is -2.04. The van der Waals surface area contributed by atoms with Gasteiger partial charge in [0.15, 0.2) is 0 Å². The van der Waals surface area contributed by atoms with E-state index in [0.29, 0.717) is 22.8 Å². The lowest BCUT2D eigenvalue weighted by atomic mass is 10.2. The molecule has 3 aromatic rings. The van der Waals surface area contributed by atoms with Gasteiger partial charge in [0.1, 0.15) is 11.6 Å². The van der Waals surface area contributed by atoms with Crippen LogP contribution in [0.15, 0.2) is 41.6 Å². The van der Waals surface area contributed by atoms with E-state index in [1.807, 2.05) is 0 Å². The number of rotatable bonds is 4. The molecule has 0 bridgehead atoms. The summed E-state index contributed by atoms with van der Waals surface area (Å²) in [4.78, 5) is 24.2. The summed E-state index contributed by atoms with van der Waals surface area (Å²) in [5, 5.41) is 2.86. The lowest BCUT2D eigenvalue weighted by Gasteiger charge is -2.05. The average molecular weight is 303 g/mol. The van der Waals surface area contributed by atoms with Gasteiger partial charge in [0, 0.05) is 36.8 Å². The van der Waals surface area contributed by atoms with Crippen molar-refractivity contribution in [1.82, 2.24) is 19.9 Å². The first-order valence-corrected chi connectivity index (χ1v) is 6.39. The van der Waals surface area contributed by atoms with E-state index in [4.69, 9.17) is 0 Å². The predicted molar refractivity (Wildman–Crippen MR) is 76.1 cm³/mol. The maximum atomic E-state index is 13.1. The molecule has 8 heteroatoms. The zero-order chi connectivity index (χ0) is 15.5. The largest absolute Gasteiger partial charge is 0.350 e. The topological polar surface area (TPSA) is 86.5 Å². The van der Waals surface area contributed by atoms with Crippen LogP contribution in [0, 0.1) is 11.6 Å². The fraction of sp³-hybridized carbons (Fsp3) is 0.0714. The summed E-state index contributed by atoms with van der Waals surface area (Å²) in [6.45, 7) is 0.189. The number of imidazole rings is 1. The first kappa shape index (κ1) is 13.9. The Bertz CT molecular complexity index is 821. The molecule has 22 heavy (non-hydrogen) atoms. The quantitative estimate of drug-likeness (QED) is 0.688. The Kier molecular flexibility index (Phi) is 3.65. The van der Waals surface area contributed by atoms with Gasteiger partial charge in [0.2, 0.25) is 5.95 Å². The van der Waals surface area contributed by atoms with Crippen molar-refractivity contribution in [3.05, 3.63) is 64.5 Å². The minimum absolute atomic E-state index is 0.189. The molecule has 0 aliphatic heterocycles. The maximum absolute atomic E-state index is 13.1. The molecule has 3 rings (SSSR count). The number of nitrogens with zero attached hydrogens (tertiary/aromatic N) is 2. The molecular formula is C14H11F2N5O. The number of halogens is 2. The van der Waals surface area contributed by atoms with Gasteiger partial charge in [-0.2, -0.15) is 0 Å². The van der Waals surface area contributed by atoms with Gasteiger partial charge in [0.25, 0.3) is 0 Å². The minimum atomic E-state index is -0.635. The van der Waals surface area contributed by atoms with Crippen molar-refractivity contribution >= 4 is 5.95 Å². The second kappa shape index (κ2) is 5.76. The van der Waals surface area contributed by atoms with Crippen molar-refractivity contribution in [2.45, 2.75) is 6.54 Å². The van der Waals surface area contributed by atoms with Crippen LogP contribution < -0.4 is 11.0 Å². The molecule has 0 atom stereocenters. The third-order valence-corrected chi connectivity index (χ3v) is 2.93. The number of aromatic nitrogens is 4. The Morgan fingerprint density at radius 3 is 2.36 bits per heavy atom. The van der Waals surface area contributed by atoms with Crippen LogP contribution in [0.25, 0.3) is 11.3 Å². The summed E-state index contributed by atoms with van der Waals surface area (Å²) in [6.07, 6.45) is 4.57. The van der Waals surface area contributed by atoms with Crippen molar-refractivity contribution in [3.8, 4) is 11.3 Å². The highest BCUT2D eigenvalue weighted by atomic mass is 19.1. The SMILES string of the molecule is O=c1[nH]cc(-c2cnc(NCc3cc(F)cc(F)c3)nc2)[nH]1. The van der Waals surface area contributed by atoms with Crippen molar-refractivity contribution < 1.29 is 8.78 Å². The molecule has 2 aromatic heterocycles. The monoisotopic (exact) mass is 303 g/mol. The molecule has 0 amide bonds. The number of anilines is 1. The summed E-state index contributed by atoms with van der Waals surface area (Å²) in [5.41, 5.74) is 1.34. The molecule has 0 saturated carbocycles. The summed E-state index contributed by atoms with van der Waals surface area (Å²) in [7, 11) is 0. The van der Waals surface area contributed by atoms with Gasteiger partial charge in [-0.25, -0.2) is 23.5 Å². The van der Waals surface area contributed by atoms with Gasteiger partial charge >= 0.3 is 5.69 Å². The van der Waals surface area contributed by atoms with Crippen LogP contribution in [-0.4, -0.2) is 19.9 Å². The third-order valence-electron chi connectivity index (χ3n) is 2.93.